The normalized spacial score (nSPS) is 20.5. The Hall–Kier alpha value is -2.09. The molecule has 2 aliphatic heterocycles. The van der Waals surface area contributed by atoms with E-state index in [2.05, 4.69) is 5.32 Å². The fourth-order valence-electron chi connectivity index (χ4n) is 3.39. The molecule has 0 spiro atoms. The van der Waals surface area contributed by atoms with Gasteiger partial charge in [-0.15, -0.1) is 11.3 Å². The van der Waals surface area contributed by atoms with E-state index < -0.39 is 6.03 Å². The quantitative estimate of drug-likeness (QED) is 0.825. The van der Waals surface area contributed by atoms with Gasteiger partial charge in [0.2, 0.25) is 5.91 Å². The smallest absolute Gasteiger partial charge is 0.314 e. The number of hydrogen-bond donors (Lipinski definition) is 2. The van der Waals surface area contributed by atoms with Crippen molar-refractivity contribution in [3.63, 3.8) is 0 Å². The van der Waals surface area contributed by atoms with Gasteiger partial charge in [0.25, 0.3) is 5.91 Å². The summed E-state index contributed by atoms with van der Waals surface area (Å²) in [5.41, 5.74) is 6.40. The van der Waals surface area contributed by atoms with E-state index in [1.807, 2.05) is 11.0 Å². The summed E-state index contributed by atoms with van der Waals surface area (Å²) in [7, 11) is 1.62. The van der Waals surface area contributed by atoms with E-state index in [1.54, 1.807) is 11.9 Å². The average Bonchev–Trinajstić information content (AvgIpc) is 3.03. The Bertz CT molecular complexity index is 672. The van der Waals surface area contributed by atoms with Gasteiger partial charge in [0.15, 0.2) is 0 Å². The molecular formula is C16H22N4O3S. The minimum absolute atomic E-state index is 0.0827. The SMILES string of the molecule is CNC(=O)c1cc2c(s1)CCN(C(=O)C1CCCN(C(N)=O)C1)C2. The van der Waals surface area contributed by atoms with Crippen molar-refractivity contribution in [1.29, 1.82) is 0 Å². The molecule has 1 atom stereocenters. The lowest BCUT2D eigenvalue weighted by Crippen LogP contribution is -2.49. The van der Waals surface area contributed by atoms with Gasteiger partial charge >= 0.3 is 6.03 Å². The van der Waals surface area contributed by atoms with E-state index in [1.165, 1.54) is 16.2 Å². The molecule has 0 saturated carbocycles. The molecule has 7 nitrogen and oxygen atoms in total. The standard InChI is InChI=1S/C16H22N4O3S/c1-18-14(21)13-7-11-9-19(6-4-12(11)24-13)15(22)10-3-2-5-20(8-10)16(17)23/h7,10H,2-6,8-9H2,1H3,(H2,17,23)(H,18,21). The minimum atomic E-state index is -0.457. The van der Waals surface area contributed by atoms with Gasteiger partial charge < -0.3 is 20.9 Å². The highest BCUT2D eigenvalue weighted by atomic mass is 32.1. The second-order valence-corrected chi connectivity index (χ2v) is 7.41. The van der Waals surface area contributed by atoms with Gasteiger partial charge in [0.1, 0.15) is 0 Å². The number of carbonyl (C=O) groups excluding carboxylic acids is 3. The summed E-state index contributed by atoms with van der Waals surface area (Å²) >= 11 is 1.50. The van der Waals surface area contributed by atoms with Crippen molar-refractivity contribution in [3.05, 3.63) is 21.4 Å². The zero-order valence-electron chi connectivity index (χ0n) is 13.7. The van der Waals surface area contributed by atoms with Crippen molar-refractivity contribution in [2.75, 3.05) is 26.7 Å². The van der Waals surface area contributed by atoms with Crippen molar-refractivity contribution >= 4 is 29.2 Å². The first-order valence-electron chi connectivity index (χ1n) is 8.16. The van der Waals surface area contributed by atoms with Crippen LogP contribution >= 0.6 is 11.3 Å². The van der Waals surface area contributed by atoms with Crippen LogP contribution in [0.3, 0.4) is 0 Å². The van der Waals surface area contributed by atoms with Gasteiger partial charge in [-0.05, 0) is 30.9 Å². The topological polar surface area (TPSA) is 95.7 Å². The highest BCUT2D eigenvalue weighted by molar-refractivity contribution is 7.14. The molecule has 0 aliphatic carbocycles. The molecule has 4 amide bonds. The molecule has 1 unspecified atom stereocenters. The van der Waals surface area contributed by atoms with Gasteiger partial charge in [0.05, 0.1) is 10.8 Å². The van der Waals surface area contributed by atoms with E-state index in [-0.39, 0.29) is 17.7 Å². The van der Waals surface area contributed by atoms with Gasteiger partial charge in [-0.3, -0.25) is 9.59 Å². The van der Waals surface area contributed by atoms with Gasteiger partial charge in [-0.1, -0.05) is 0 Å². The first-order valence-corrected chi connectivity index (χ1v) is 8.98. The number of urea groups is 1. The van der Waals surface area contributed by atoms with Crippen molar-refractivity contribution in [2.24, 2.45) is 11.7 Å². The molecule has 0 radical (unpaired) electrons. The van der Waals surface area contributed by atoms with Crippen LogP contribution in [-0.2, 0) is 17.8 Å². The fourth-order valence-corrected chi connectivity index (χ4v) is 4.50. The molecule has 0 aromatic carbocycles. The number of likely N-dealkylation sites (tertiary alicyclic amines) is 1. The lowest BCUT2D eigenvalue weighted by Gasteiger charge is -2.35. The van der Waals surface area contributed by atoms with E-state index >= 15 is 0 Å². The molecular weight excluding hydrogens is 328 g/mol. The molecule has 2 aliphatic rings. The van der Waals surface area contributed by atoms with E-state index in [4.69, 9.17) is 5.73 Å². The van der Waals surface area contributed by atoms with Crippen molar-refractivity contribution in [3.8, 4) is 0 Å². The third-order valence-corrected chi connectivity index (χ3v) is 5.95. The van der Waals surface area contributed by atoms with Crippen LogP contribution in [-0.4, -0.2) is 54.3 Å². The lowest BCUT2D eigenvalue weighted by molar-refractivity contribution is -0.137. The van der Waals surface area contributed by atoms with Crippen LogP contribution in [0.4, 0.5) is 4.79 Å². The molecule has 0 bridgehead atoms. The second-order valence-electron chi connectivity index (χ2n) is 6.27. The summed E-state index contributed by atoms with van der Waals surface area (Å²) in [5.74, 6) is -0.180. The van der Waals surface area contributed by atoms with Crippen LogP contribution in [0.1, 0.15) is 33.0 Å². The Balaban J connectivity index is 1.68. The van der Waals surface area contributed by atoms with Crippen molar-refractivity contribution in [2.45, 2.75) is 25.8 Å². The maximum absolute atomic E-state index is 12.8. The predicted octanol–water partition coefficient (Wildman–Crippen LogP) is 0.783. The van der Waals surface area contributed by atoms with Crippen molar-refractivity contribution < 1.29 is 14.4 Å². The molecule has 24 heavy (non-hydrogen) atoms. The number of hydrogen-bond acceptors (Lipinski definition) is 4. The summed E-state index contributed by atoms with van der Waals surface area (Å²) in [6, 6.07) is 1.43. The van der Waals surface area contributed by atoms with E-state index in [0.29, 0.717) is 31.1 Å². The number of nitrogens with zero attached hydrogens (tertiary/aromatic N) is 2. The number of thiophene rings is 1. The van der Waals surface area contributed by atoms with Gasteiger partial charge in [-0.25, -0.2) is 4.79 Å². The summed E-state index contributed by atoms with van der Waals surface area (Å²) < 4.78 is 0. The molecule has 8 heteroatoms. The number of rotatable bonds is 2. The highest BCUT2D eigenvalue weighted by Crippen LogP contribution is 2.29. The molecule has 3 N–H and O–H groups in total. The molecule has 1 fully saturated rings. The highest BCUT2D eigenvalue weighted by Gasteiger charge is 2.32. The molecule has 1 saturated heterocycles. The number of primary amides is 1. The number of amides is 4. The van der Waals surface area contributed by atoms with Crippen LogP contribution in [0, 0.1) is 5.92 Å². The van der Waals surface area contributed by atoms with Crippen molar-refractivity contribution in [1.82, 2.24) is 15.1 Å². The third kappa shape index (κ3) is 3.24. The zero-order valence-corrected chi connectivity index (χ0v) is 14.5. The largest absolute Gasteiger partial charge is 0.354 e. The lowest BCUT2D eigenvalue weighted by atomic mass is 9.95. The summed E-state index contributed by atoms with van der Waals surface area (Å²) in [4.78, 5) is 41.2. The summed E-state index contributed by atoms with van der Waals surface area (Å²) in [6.45, 7) is 2.23. The molecule has 3 rings (SSSR count). The van der Waals surface area contributed by atoms with E-state index in [0.717, 1.165) is 24.8 Å². The fraction of sp³-hybridized carbons (Fsp3) is 0.562. The number of nitrogens with one attached hydrogen (secondary N) is 1. The first kappa shape index (κ1) is 16.8. The Morgan fingerprint density at radius 3 is 2.79 bits per heavy atom. The Kier molecular flexibility index (Phi) is 4.75. The third-order valence-electron chi connectivity index (χ3n) is 4.71. The van der Waals surface area contributed by atoms with Crippen LogP contribution in [0.5, 0.6) is 0 Å². The van der Waals surface area contributed by atoms with Crippen LogP contribution in [0.25, 0.3) is 0 Å². The van der Waals surface area contributed by atoms with Gasteiger partial charge in [-0.2, -0.15) is 0 Å². The average molecular weight is 350 g/mol. The molecule has 3 heterocycles. The Labute approximate surface area is 144 Å². The molecule has 1 aromatic rings. The van der Waals surface area contributed by atoms with Crippen LogP contribution < -0.4 is 11.1 Å². The van der Waals surface area contributed by atoms with Gasteiger partial charge in [0, 0.05) is 38.1 Å². The number of carbonyl (C=O) groups is 3. The van der Waals surface area contributed by atoms with E-state index in [9.17, 15) is 14.4 Å². The number of piperidine rings is 1. The molecule has 1 aromatic heterocycles. The van der Waals surface area contributed by atoms with Crippen LogP contribution in [0.2, 0.25) is 0 Å². The van der Waals surface area contributed by atoms with Crippen LogP contribution in [0.15, 0.2) is 6.07 Å². The number of nitrogens with two attached hydrogens (primary N) is 1. The summed E-state index contributed by atoms with van der Waals surface area (Å²) in [6.07, 6.45) is 2.37. The predicted molar refractivity (Wildman–Crippen MR) is 90.7 cm³/mol. The second kappa shape index (κ2) is 6.80. The Morgan fingerprint density at radius 2 is 2.08 bits per heavy atom. The molecule has 130 valence electrons. The Morgan fingerprint density at radius 1 is 1.29 bits per heavy atom. The first-order chi connectivity index (χ1) is 11.5. The maximum Gasteiger partial charge on any atom is 0.314 e. The maximum atomic E-state index is 12.8. The minimum Gasteiger partial charge on any atom is -0.354 e. The number of fused-ring (bicyclic) bond motifs is 1. The summed E-state index contributed by atoms with van der Waals surface area (Å²) in [5, 5.41) is 2.63. The monoisotopic (exact) mass is 350 g/mol. The zero-order chi connectivity index (χ0) is 17.3.